The summed E-state index contributed by atoms with van der Waals surface area (Å²) in [5.41, 5.74) is 0.844. The first-order valence-electron chi connectivity index (χ1n) is 6.60. The van der Waals surface area contributed by atoms with E-state index in [9.17, 15) is 0 Å². The van der Waals surface area contributed by atoms with Crippen molar-refractivity contribution in [1.29, 1.82) is 0 Å². The van der Waals surface area contributed by atoms with Gasteiger partial charge in [0.2, 0.25) is 5.28 Å². The van der Waals surface area contributed by atoms with Crippen LogP contribution in [0.25, 0.3) is 0 Å². The summed E-state index contributed by atoms with van der Waals surface area (Å²) in [7, 11) is 0. The minimum Gasteiger partial charge on any atom is -0.375 e. The Morgan fingerprint density at radius 1 is 1.37 bits per heavy atom. The zero-order chi connectivity index (χ0) is 12.6. The van der Waals surface area contributed by atoms with E-state index in [4.69, 9.17) is 16.3 Å². The second-order valence-electron chi connectivity index (χ2n) is 4.71. The molecule has 0 spiro atoms. The second kappa shape index (κ2) is 9.48. The van der Waals surface area contributed by atoms with E-state index < -0.39 is 0 Å². The lowest BCUT2D eigenvalue weighted by molar-refractivity contribution is 0.110. The number of hydrogen-bond donors (Lipinski definition) is 1. The van der Waals surface area contributed by atoms with E-state index in [0.717, 1.165) is 24.6 Å². The molecule has 1 aromatic rings. The van der Waals surface area contributed by atoms with Crippen LogP contribution in [0.15, 0.2) is 12.3 Å². The summed E-state index contributed by atoms with van der Waals surface area (Å²) < 4.78 is 5.60. The third kappa shape index (κ3) is 6.52. The number of halogens is 2. The largest absolute Gasteiger partial charge is 0.375 e. The molecule has 0 bridgehead atoms. The van der Waals surface area contributed by atoms with E-state index >= 15 is 0 Å². The lowest BCUT2D eigenvalue weighted by Gasteiger charge is -2.22. The average molecular weight is 306 g/mol. The van der Waals surface area contributed by atoms with Crippen molar-refractivity contribution in [3.05, 3.63) is 23.2 Å². The molecule has 0 atom stereocenters. The normalized spacial score (nSPS) is 16.1. The SMILES string of the molecule is Cl.Clc1nccc(COCCCC2CCNCC2)n1. The Labute approximate surface area is 125 Å². The molecule has 1 aliphatic rings. The molecule has 1 aromatic heterocycles. The van der Waals surface area contributed by atoms with Crippen LogP contribution in [0.5, 0.6) is 0 Å². The van der Waals surface area contributed by atoms with Crippen molar-refractivity contribution in [1.82, 2.24) is 15.3 Å². The van der Waals surface area contributed by atoms with Gasteiger partial charge in [0, 0.05) is 12.8 Å². The molecule has 0 saturated carbocycles. The quantitative estimate of drug-likeness (QED) is 0.648. The van der Waals surface area contributed by atoms with E-state index in [1.54, 1.807) is 6.20 Å². The van der Waals surface area contributed by atoms with Crippen LogP contribution in [0, 0.1) is 5.92 Å². The monoisotopic (exact) mass is 305 g/mol. The van der Waals surface area contributed by atoms with Crippen molar-refractivity contribution in [2.45, 2.75) is 32.3 Å². The Bertz CT molecular complexity index is 359. The Balaban J connectivity index is 0.00000180. The van der Waals surface area contributed by atoms with E-state index in [1.807, 2.05) is 6.07 Å². The molecule has 1 aliphatic heterocycles. The van der Waals surface area contributed by atoms with Gasteiger partial charge in [0.25, 0.3) is 0 Å². The van der Waals surface area contributed by atoms with Crippen molar-refractivity contribution in [3.8, 4) is 0 Å². The molecular formula is C13H21Cl2N3O. The van der Waals surface area contributed by atoms with E-state index in [1.165, 1.54) is 32.4 Å². The van der Waals surface area contributed by atoms with Gasteiger partial charge in [-0.3, -0.25) is 0 Å². The lowest BCUT2D eigenvalue weighted by Crippen LogP contribution is -2.27. The maximum atomic E-state index is 5.70. The molecule has 1 N–H and O–H groups in total. The van der Waals surface area contributed by atoms with Gasteiger partial charge in [-0.2, -0.15) is 0 Å². The maximum Gasteiger partial charge on any atom is 0.222 e. The van der Waals surface area contributed by atoms with Crippen molar-refractivity contribution in [2.24, 2.45) is 5.92 Å². The van der Waals surface area contributed by atoms with Crippen LogP contribution in [0.4, 0.5) is 0 Å². The number of aromatic nitrogens is 2. The molecule has 0 amide bonds. The van der Waals surface area contributed by atoms with Crippen LogP contribution in [0.3, 0.4) is 0 Å². The molecule has 108 valence electrons. The number of nitrogens with one attached hydrogen (secondary N) is 1. The van der Waals surface area contributed by atoms with Gasteiger partial charge in [-0.05, 0) is 62.4 Å². The van der Waals surface area contributed by atoms with Crippen molar-refractivity contribution in [3.63, 3.8) is 0 Å². The summed E-state index contributed by atoms with van der Waals surface area (Å²) in [5, 5.41) is 3.67. The molecule has 2 rings (SSSR count). The number of nitrogens with zero attached hydrogens (tertiary/aromatic N) is 2. The second-order valence-corrected chi connectivity index (χ2v) is 5.04. The van der Waals surface area contributed by atoms with Gasteiger partial charge in [0.05, 0.1) is 12.3 Å². The van der Waals surface area contributed by atoms with Gasteiger partial charge in [-0.1, -0.05) is 0 Å². The Morgan fingerprint density at radius 3 is 2.89 bits per heavy atom. The third-order valence-corrected chi connectivity index (χ3v) is 3.48. The molecule has 2 heterocycles. The van der Waals surface area contributed by atoms with E-state index in [-0.39, 0.29) is 17.7 Å². The Hall–Kier alpha value is -0.420. The molecule has 0 unspecified atom stereocenters. The van der Waals surface area contributed by atoms with Crippen LogP contribution in [0.1, 0.15) is 31.4 Å². The van der Waals surface area contributed by atoms with Gasteiger partial charge in [-0.25, -0.2) is 9.97 Å². The summed E-state index contributed by atoms with van der Waals surface area (Å²) in [6, 6.07) is 1.83. The van der Waals surface area contributed by atoms with Crippen LogP contribution < -0.4 is 5.32 Å². The van der Waals surface area contributed by atoms with E-state index in [2.05, 4.69) is 15.3 Å². The standard InChI is InChI=1S/C13H20ClN3O.ClH/c14-13-16-8-5-12(17-13)10-18-9-1-2-11-3-6-15-7-4-11;/h5,8,11,15H,1-4,6-7,9-10H2;1H. The summed E-state index contributed by atoms with van der Waals surface area (Å²) in [4.78, 5) is 7.92. The zero-order valence-corrected chi connectivity index (χ0v) is 12.6. The zero-order valence-electron chi connectivity index (χ0n) is 11.0. The van der Waals surface area contributed by atoms with Crippen molar-refractivity contribution >= 4 is 24.0 Å². The average Bonchev–Trinajstić information content (AvgIpc) is 2.40. The Morgan fingerprint density at radius 2 is 2.16 bits per heavy atom. The van der Waals surface area contributed by atoms with Gasteiger partial charge in [0.15, 0.2) is 0 Å². The highest BCUT2D eigenvalue weighted by Gasteiger charge is 2.11. The molecule has 0 aromatic carbocycles. The maximum absolute atomic E-state index is 5.70. The van der Waals surface area contributed by atoms with Gasteiger partial charge >= 0.3 is 0 Å². The third-order valence-electron chi connectivity index (χ3n) is 3.29. The molecule has 1 saturated heterocycles. The van der Waals surface area contributed by atoms with Crippen molar-refractivity contribution in [2.75, 3.05) is 19.7 Å². The molecular weight excluding hydrogens is 285 g/mol. The minimum absolute atomic E-state index is 0. The summed E-state index contributed by atoms with van der Waals surface area (Å²) >= 11 is 5.70. The Kier molecular flexibility index (Phi) is 8.30. The lowest BCUT2D eigenvalue weighted by atomic mass is 9.93. The fraction of sp³-hybridized carbons (Fsp3) is 0.692. The van der Waals surface area contributed by atoms with Gasteiger partial charge in [-0.15, -0.1) is 12.4 Å². The summed E-state index contributed by atoms with van der Waals surface area (Å²) in [6.45, 7) is 3.66. The van der Waals surface area contributed by atoms with E-state index in [0.29, 0.717) is 6.61 Å². The van der Waals surface area contributed by atoms with Gasteiger partial charge < -0.3 is 10.1 Å². The van der Waals surface area contributed by atoms with Crippen LogP contribution in [-0.4, -0.2) is 29.7 Å². The molecule has 0 radical (unpaired) electrons. The highest BCUT2D eigenvalue weighted by molar-refractivity contribution is 6.28. The molecule has 6 heteroatoms. The first-order chi connectivity index (χ1) is 8.84. The van der Waals surface area contributed by atoms with Crippen LogP contribution >= 0.6 is 24.0 Å². The smallest absolute Gasteiger partial charge is 0.222 e. The molecule has 4 nitrogen and oxygen atoms in total. The number of ether oxygens (including phenoxy) is 1. The molecule has 1 fully saturated rings. The predicted octanol–water partition coefficient (Wildman–Crippen LogP) is 2.85. The fourth-order valence-corrected chi connectivity index (χ4v) is 2.44. The minimum atomic E-state index is 0. The number of rotatable bonds is 6. The topological polar surface area (TPSA) is 47.0 Å². The molecule has 0 aliphatic carbocycles. The van der Waals surface area contributed by atoms with Crippen LogP contribution in [-0.2, 0) is 11.3 Å². The molecule has 19 heavy (non-hydrogen) atoms. The fourth-order valence-electron chi connectivity index (χ4n) is 2.27. The first kappa shape index (κ1) is 16.6. The highest BCUT2D eigenvalue weighted by Crippen LogP contribution is 2.17. The highest BCUT2D eigenvalue weighted by atomic mass is 35.5. The first-order valence-corrected chi connectivity index (χ1v) is 6.98. The van der Waals surface area contributed by atoms with Crippen molar-refractivity contribution < 1.29 is 4.74 Å². The summed E-state index contributed by atoms with van der Waals surface area (Å²) in [5.74, 6) is 0.878. The summed E-state index contributed by atoms with van der Waals surface area (Å²) in [6.07, 6.45) is 6.67. The number of piperidine rings is 1. The number of hydrogen-bond acceptors (Lipinski definition) is 4. The predicted molar refractivity (Wildman–Crippen MR) is 78.8 cm³/mol. The van der Waals surface area contributed by atoms with Crippen LogP contribution in [0.2, 0.25) is 5.28 Å². The van der Waals surface area contributed by atoms with Gasteiger partial charge in [0.1, 0.15) is 0 Å².